The van der Waals surface area contributed by atoms with Crippen molar-refractivity contribution in [1.82, 2.24) is 0 Å². The molecule has 2 aromatic rings. The molecule has 0 aliphatic carbocycles. The molecule has 0 aromatic heterocycles. The monoisotopic (exact) mass is 293 g/mol. The first-order valence-corrected chi connectivity index (χ1v) is 6.13. The van der Waals surface area contributed by atoms with Crippen molar-refractivity contribution in [2.45, 2.75) is 0 Å². The smallest absolute Gasteiger partial charge is 0.248 e. The van der Waals surface area contributed by atoms with Crippen LogP contribution in [0.5, 0.6) is 0 Å². The van der Waals surface area contributed by atoms with Crippen molar-refractivity contribution in [3.8, 4) is 0 Å². The van der Waals surface area contributed by atoms with Gasteiger partial charge in [-0.1, -0.05) is 29.8 Å². The number of carbonyl (C=O) groups is 1. The van der Waals surface area contributed by atoms with Crippen LogP contribution < -0.4 is 5.32 Å². The largest absolute Gasteiger partial charge is 0.320 e. The van der Waals surface area contributed by atoms with E-state index in [-0.39, 0.29) is 10.7 Å². The molecule has 2 rings (SSSR count). The quantitative estimate of drug-likeness (QED) is 0.841. The fourth-order valence-electron chi connectivity index (χ4n) is 1.52. The van der Waals surface area contributed by atoms with Crippen LogP contribution in [-0.2, 0) is 4.79 Å². The molecule has 1 N–H and O–H groups in total. The molecule has 20 heavy (non-hydrogen) atoms. The van der Waals surface area contributed by atoms with Gasteiger partial charge < -0.3 is 5.32 Å². The zero-order chi connectivity index (χ0) is 14.5. The minimum Gasteiger partial charge on any atom is -0.320 e. The van der Waals surface area contributed by atoms with E-state index in [1.807, 2.05) is 0 Å². The summed E-state index contributed by atoms with van der Waals surface area (Å²) in [4.78, 5) is 11.6. The predicted molar refractivity (Wildman–Crippen MR) is 75.5 cm³/mol. The Morgan fingerprint density at radius 3 is 2.55 bits per heavy atom. The zero-order valence-corrected chi connectivity index (χ0v) is 11.0. The highest BCUT2D eigenvalue weighted by Gasteiger charge is 2.03. The van der Waals surface area contributed by atoms with E-state index >= 15 is 0 Å². The van der Waals surface area contributed by atoms with Crippen LogP contribution >= 0.6 is 11.6 Å². The summed E-state index contributed by atoms with van der Waals surface area (Å²) in [6.07, 6.45) is 2.68. The Labute approximate surface area is 119 Å². The molecule has 2 aromatic carbocycles. The Hall–Kier alpha value is -2.20. The van der Waals surface area contributed by atoms with Gasteiger partial charge in [-0.05, 0) is 35.9 Å². The lowest BCUT2D eigenvalue weighted by Crippen LogP contribution is -2.08. The number of halogens is 3. The summed E-state index contributed by atoms with van der Waals surface area (Å²) in [5.74, 6) is -1.53. The van der Waals surface area contributed by atoms with Crippen LogP contribution in [0.2, 0.25) is 5.02 Å². The molecule has 1 amide bonds. The lowest BCUT2D eigenvalue weighted by molar-refractivity contribution is -0.111. The van der Waals surface area contributed by atoms with Gasteiger partial charge in [-0.3, -0.25) is 4.79 Å². The number of hydrogen-bond donors (Lipinski definition) is 1. The van der Waals surface area contributed by atoms with Crippen molar-refractivity contribution in [2.24, 2.45) is 0 Å². The van der Waals surface area contributed by atoms with E-state index in [1.165, 1.54) is 48.6 Å². The molecule has 0 aliphatic heterocycles. The number of para-hydroxylation sites is 1. The van der Waals surface area contributed by atoms with Crippen LogP contribution in [-0.4, -0.2) is 5.91 Å². The standard InChI is InChI=1S/C15H10ClF2NO/c16-11-9-10(5-7-12(11)17)6-8-15(20)19-14-4-2-1-3-13(14)18/h1-9H,(H,19,20)/b8-6+. The van der Waals surface area contributed by atoms with E-state index < -0.39 is 17.5 Å². The van der Waals surface area contributed by atoms with Crippen molar-refractivity contribution in [1.29, 1.82) is 0 Å². The van der Waals surface area contributed by atoms with Crippen molar-refractivity contribution in [3.05, 3.63) is 70.8 Å². The number of carbonyl (C=O) groups excluding carboxylic acids is 1. The van der Waals surface area contributed by atoms with Crippen LogP contribution in [0.25, 0.3) is 6.08 Å². The Balaban J connectivity index is 2.06. The molecule has 102 valence electrons. The summed E-state index contributed by atoms with van der Waals surface area (Å²) in [5, 5.41) is 2.37. The maximum absolute atomic E-state index is 13.3. The Morgan fingerprint density at radius 2 is 1.85 bits per heavy atom. The van der Waals surface area contributed by atoms with Crippen molar-refractivity contribution in [3.63, 3.8) is 0 Å². The molecule has 0 unspecified atom stereocenters. The fraction of sp³-hybridized carbons (Fsp3) is 0. The highest BCUT2D eigenvalue weighted by atomic mass is 35.5. The zero-order valence-electron chi connectivity index (χ0n) is 10.2. The molecular formula is C15H10ClF2NO. The summed E-state index contributed by atoms with van der Waals surface area (Å²) >= 11 is 5.62. The number of anilines is 1. The minimum absolute atomic E-state index is 0.0262. The second-order valence-electron chi connectivity index (χ2n) is 3.98. The molecule has 0 saturated heterocycles. The molecule has 0 bridgehead atoms. The second kappa shape index (κ2) is 6.30. The van der Waals surface area contributed by atoms with Gasteiger partial charge in [0.25, 0.3) is 0 Å². The first-order valence-electron chi connectivity index (χ1n) is 5.75. The first-order chi connectivity index (χ1) is 9.56. The van der Waals surface area contributed by atoms with Gasteiger partial charge in [0.2, 0.25) is 5.91 Å². The number of benzene rings is 2. The number of rotatable bonds is 3. The molecule has 0 saturated carbocycles. The molecule has 0 fully saturated rings. The van der Waals surface area contributed by atoms with Gasteiger partial charge in [-0.15, -0.1) is 0 Å². The van der Waals surface area contributed by atoms with Crippen LogP contribution in [0.4, 0.5) is 14.5 Å². The number of amides is 1. The summed E-state index contributed by atoms with van der Waals surface area (Å²) in [6.45, 7) is 0. The van der Waals surface area contributed by atoms with E-state index in [1.54, 1.807) is 6.07 Å². The maximum Gasteiger partial charge on any atom is 0.248 e. The van der Waals surface area contributed by atoms with E-state index in [0.717, 1.165) is 0 Å². The Kier molecular flexibility index (Phi) is 4.48. The normalized spacial score (nSPS) is 10.8. The fourth-order valence-corrected chi connectivity index (χ4v) is 1.71. The lowest BCUT2D eigenvalue weighted by Gasteiger charge is -2.02. The molecule has 0 atom stereocenters. The molecule has 5 heteroatoms. The summed E-state index contributed by atoms with van der Waals surface area (Å²) in [5.41, 5.74) is 0.666. The van der Waals surface area contributed by atoms with Crippen LogP contribution in [0.3, 0.4) is 0 Å². The third-order valence-electron chi connectivity index (χ3n) is 2.50. The molecule has 0 spiro atoms. The average Bonchev–Trinajstić information content (AvgIpc) is 2.43. The molecule has 2 nitrogen and oxygen atoms in total. The third-order valence-corrected chi connectivity index (χ3v) is 2.79. The first kappa shape index (κ1) is 14.2. The maximum atomic E-state index is 13.3. The Morgan fingerprint density at radius 1 is 1.10 bits per heavy atom. The van der Waals surface area contributed by atoms with Crippen molar-refractivity contribution >= 4 is 29.3 Å². The van der Waals surface area contributed by atoms with Gasteiger partial charge in [0.1, 0.15) is 11.6 Å². The van der Waals surface area contributed by atoms with Gasteiger partial charge in [-0.25, -0.2) is 8.78 Å². The van der Waals surface area contributed by atoms with Gasteiger partial charge in [0.15, 0.2) is 0 Å². The number of nitrogens with one attached hydrogen (secondary N) is 1. The van der Waals surface area contributed by atoms with Crippen LogP contribution in [0.1, 0.15) is 5.56 Å². The Bertz CT molecular complexity index is 671. The highest BCUT2D eigenvalue weighted by molar-refractivity contribution is 6.30. The SMILES string of the molecule is O=C(/C=C/c1ccc(F)c(Cl)c1)Nc1ccccc1F. The minimum atomic E-state index is -0.528. The van der Waals surface area contributed by atoms with E-state index in [4.69, 9.17) is 11.6 Å². The highest BCUT2D eigenvalue weighted by Crippen LogP contribution is 2.17. The molecule has 0 aliphatic rings. The number of hydrogen-bond acceptors (Lipinski definition) is 1. The predicted octanol–water partition coefficient (Wildman–Crippen LogP) is 4.27. The van der Waals surface area contributed by atoms with Crippen LogP contribution in [0, 0.1) is 11.6 Å². The average molecular weight is 294 g/mol. The summed E-state index contributed by atoms with van der Waals surface area (Å²) in [7, 11) is 0. The second-order valence-corrected chi connectivity index (χ2v) is 4.38. The van der Waals surface area contributed by atoms with Gasteiger partial charge in [-0.2, -0.15) is 0 Å². The van der Waals surface area contributed by atoms with Crippen molar-refractivity contribution < 1.29 is 13.6 Å². The summed E-state index contributed by atoms with van der Waals surface area (Å²) < 4.78 is 26.3. The third kappa shape index (κ3) is 3.65. The molecule has 0 heterocycles. The van der Waals surface area contributed by atoms with Gasteiger partial charge in [0.05, 0.1) is 10.7 Å². The van der Waals surface area contributed by atoms with Gasteiger partial charge in [0, 0.05) is 6.08 Å². The lowest BCUT2D eigenvalue weighted by atomic mass is 10.2. The molecule has 0 radical (unpaired) electrons. The van der Waals surface area contributed by atoms with Crippen LogP contribution in [0.15, 0.2) is 48.5 Å². The molecular weight excluding hydrogens is 284 g/mol. The van der Waals surface area contributed by atoms with E-state index in [0.29, 0.717) is 5.56 Å². The van der Waals surface area contributed by atoms with Gasteiger partial charge >= 0.3 is 0 Å². The van der Waals surface area contributed by atoms with E-state index in [2.05, 4.69) is 5.32 Å². The van der Waals surface area contributed by atoms with Crippen molar-refractivity contribution in [2.75, 3.05) is 5.32 Å². The van der Waals surface area contributed by atoms with E-state index in [9.17, 15) is 13.6 Å². The summed E-state index contributed by atoms with van der Waals surface area (Å²) in [6, 6.07) is 9.92. The topological polar surface area (TPSA) is 29.1 Å².